The van der Waals surface area contributed by atoms with E-state index < -0.39 is 17.9 Å². The van der Waals surface area contributed by atoms with Gasteiger partial charge in [0.15, 0.2) is 0 Å². The molecule has 0 aromatic rings. The normalized spacial score (nSPS) is 19.8. The summed E-state index contributed by atoms with van der Waals surface area (Å²) in [7, 11) is 0. The molecule has 0 amide bonds. The van der Waals surface area contributed by atoms with Crippen molar-refractivity contribution in [2.75, 3.05) is 0 Å². The molecule has 0 saturated carbocycles. The molecule has 0 spiro atoms. The number of ether oxygens (including phenoxy) is 2. The van der Waals surface area contributed by atoms with Gasteiger partial charge in [0.1, 0.15) is 0 Å². The van der Waals surface area contributed by atoms with Gasteiger partial charge in [-0.15, -0.1) is 0 Å². The first kappa shape index (κ1) is 14.9. The van der Waals surface area contributed by atoms with Crippen molar-refractivity contribution in [3.63, 3.8) is 0 Å². The molecule has 0 fully saturated rings. The minimum absolute atomic E-state index is 0.204. The minimum Gasteiger partial charge on any atom is -0.416 e. The number of hydrogen-bond acceptors (Lipinski definition) is 5. The third-order valence-electron chi connectivity index (χ3n) is 2.40. The standard InChI is InChI=1S/C14H16O5/c1-9(2)5-4-6-10(3)13-14(17)19-12(16)8-7-11(15)18-13/h5,7-8H,4,6H2,1-3H3/b8-7-,13-10-. The van der Waals surface area contributed by atoms with Crippen molar-refractivity contribution in [2.45, 2.75) is 33.6 Å². The Bertz CT molecular complexity index is 490. The summed E-state index contributed by atoms with van der Waals surface area (Å²) in [5, 5.41) is 0. The van der Waals surface area contributed by atoms with Crippen LogP contribution in [0.15, 0.2) is 35.1 Å². The summed E-state index contributed by atoms with van der Waals surface area (Å²) >= 11 is 0. The lowest BCUT2D eigenvalue weighted by Crippen LogP contribution is -2.20. The third-order valence-corrected chi connectivity index (χ3v) is 2.40. The number of carbonyl (C=O) groups is 3. The van der Waals surface area contributed by atoms with Crippen molar-refractivity contribution in [3.8, 4) is 0 Å². The van der Waals surface area contributed by atoms with Gasteiger partial charge in [0, 0.05) is 12.2 Å². The van der Waals surface area contributed by atoms with E-state index in [9.17, 15) is 14.4 Å². The van der Waals surface area contributed by atoms with E-state index in [4.69, 9.17) is 4.74 Å². The number of allylic oxidation sites excluding steroid dienone is 3. The van der Waals surface area contributed by atoms with Crippen LogP contribution in [0.5, 0.6) is 0 Å². The Kier molecular flexibility index (Phi) is 5.23. The Morgan fingerprint density at radius 2 is 1.63 bits per heavy atom. The zero-order valence-electron chi connectivity index (χ0n) is 11.2. The van der Waals surface area contributed by atoms with Crippen molar-refractivity contribution in [1.82, 2.24) is 0 Å². The molecule has 0 saturated heterocycles. The van der Waals surface area contributed by atoms with Gasteiger partial charge in [-0.2, -0.15) is 0 Å². The summed E-state index contributed by atoms with van der Waals surface area (Å²) in [6, 6.07) is 0. The average molecular weight is 264 g/mol. The maximum Gasteiger partial charge on any atom is 0.382 e. The van der Waals surface area contributed by atoms with Crippen LogP contribution in [-0.2, 0) is 23.9 Å². The number of cyclic esters (lactones) is 3. The van der Waals surface area contributed by atoms with Crippen LogP contribution in [0.2, 0.25) is 0 Å². The Morgan fingerprint density at radius 1 is 1.05 bits per heavy atom. The summed E-state index contributed by atoms with van der Waals surface area (Å²) in [5.41, 5.74) is 1.73. The maximum atomic E-state index is 11.6. The van der Waals surface area contributed by atoms with E-state index in [1.165, 1.54) is 0 Å². The summed E-state index contributed by atoms with van der Waals surface area (Å²) < 4.78 is 9.36. The largest absolute Gasteiger partial charge is 0.416 e. The van der Waals surface area contributed by atoms with Gasteiger partial charge in [-0.25, -0.2) is 14.4 Å². The van der Waals surface area contributed by atoms with E-state index in [1.54, 1.807) is 6.92 Å². The van der Waals surface area contributed by atoms with Crippen molar-refractivity contribution in [3.05, 3.63) is 35.1 Å². The molecule has 1 heterocycles. The fourth-order valence-corrected chi connectivity index (χ4v) is 1.44. The molecular formula is C14H16O5. The first-order chi connectivity index (χ1) is 8.90. The fourth-order valence-electron chi connectivity index (χ4n) is 1.44. The predicted octanol–water partition coefficient (Wildman–Crippen LogP) is 2.19. The lowest BCUT2D eigenvalue weighted by molar-refractivity contribution is -0.159. The summed E-state index contributed by atoms with van der Waals surface area (Å²) in [5.74, 6) is -2.78. The molecule has 0 unspecified atom stereocenters. The minimum atomic E-state index is -0.933. The van der Waals surface area contributed by atoms with Gasteiger partial charge in [-0.1, -0.05) is 11.6 Å². The highest BCUT2D eigenvalue weighted by Crippen LogP contribution is 2.16. The number of hydrogen-bond donors (Lipinski definition) is 0. The highest BCUT2D eigenvalue weighted by atomic mass is 16.6. The first-order valence-corrected chi connectivity index (χ1v) is 5.89. The molecule has 1 rings (SSSR count). The highest BCUT2D eigenvalue weighted by molar-refractivity contribution is 6.04. The van der Waals surface area contributed by atoms with Crippen molar-refractivity contribution in [2.24, 2.45) is 0 Å². The van der Waals surface area contributed by atoms with Gasteiger partial charge in [0.05, 0.1) is 0 Å². The van der Waals surface area contributed by atoms with E-state index in [0.29, 0.717) is 18.4 Å². The zero-order chi connectivity index (χ0) is 14.4. The van der Waals surface area contributed by atoms with E-state index in [-0.39, 0.29) is 5.76 Å². The lowest BCUT2D eigenvalue weighted by Gasteiger charge is -2.11. The summed E-state index contributed by atoms with van der Waals surface area (Å²) in [4.78, 5) is 34.0. The second-order valence-corrected chi connectivity index (χ2v) is 4.39. The maximum absolute atomic E-state index is 11.6. The molecule has 5 nitrogen and oxygen atoms in total. The van der Waals surface area contributed by atoms with Crippen LogP contribution in [0.4, 0.5) is 0 Å². The van der Waals surface area contributed by atoms with Crippen LogP contribution in [0.25, 0.3) is 0 Å². The Morgan fingerprint density at radius 3 is 2.21 bits per heavy atom. The molecule has 0 bridgehead atoms. The van der Waals surface area contributed by atoms with E-state index in [0.717, 1.165) is 17.7 Å². The quantitative estimate of drug-likeness (QED) is 0.338. The van der Waals surface area contributed by atoms with Gasteiger partial charge in [0.25, 0.3) is 0 Å². The zero-order valence-corrected chi connectivity index (χ0v) is 11.2. The van der Waals surface area contributed by atoms with Crippen LogP contribution in [0.1, 0.15) is 33.6 Å². The average Bonchev–Trinajstić information content (AvgIpc) is 2.31. The molecule has 0 aromatic carbocycles. The second-order valence-electron chi connectivity index (χ2n) is 4.39. The number of carbonyl (C=O) groups excluding carboxylic acids is 3. The highest BCUT2D eigenvalue weighted by Gasteiger charge is 2.23. The molecule has 0 radical (unpaired) electrons. The Labute approximate surface area is 111 Å². The van der Waals surface area contributed by atoms with Crippen molar-refractivity contribution in [1.29, 1.82) is 0 Å². The molecule has 1 aliphatic rings. The Hall–Kier alpha value is -2.17. The SMILES string of the molecule is CC(C)=CCC/C(C)=C1\OC(=O)/C=C\C(=O)OC1=O. The molecule has 0 atom stereocenters. The molecule has 0 aliphatic carbocycles. The fraction of sp³-hybridized carbons (Fsp3) is 0.357. The predicted molar refractivity (Wildman–Crippen MR) is 67.7 cm³/mol. The van der Waals surface area contributed by atoms with Crippen molar-refractivity contribution >= 4 is 17.9 Å². The second kappa shape index (κ2) is 6.68. The Balaban J connectivity index is 2.90. The van der Waals surface area contributed by atoms with E-state index >= 15 is 0 Å². The molecule has 0 aromatic heterocycles. The van der Waals surface area contributed by atoms with Gasteiger partial charge in [0.2, 0.25) is 5.76 Å². The van der Waals surface area contributed by atoms with Gasteiger partial charge in [-0.05, 0) is 39.2 Å². The third kappa shape index (κ3) is 4.91. The van der Waals surface area contributed by atoms with E-state index in [2.05, 4.69) is 4.74 Å². The number of esters is 3. The molecule has 102 valence electrons. The van der Waals surface area contributed by atoms with Crippen LogP contribution in [0.3, 0.4) is 0 Å². The summed E-state index contributed by atoms with van der Waals surface area (Å²) in [6.45, 7) is 5.60. The number of rotatable bonds is 3. The molecular weight excluding hydrogens is 248 g/mol. The smallest absolute Gasteiger partial charge is 0.382 e. The topological polar surface area (TPSA) is 69.7 Å². The van der Waals surface area contributed by atoms with Gasteiger partial charge >= 0.3 is 17.9 Å². The van der Waals surface area contributed by atoms with Gasteiger partial charge in [-0.3, -0.25) is 0 Å². The van der Waals surface area contributed by atoms with Crippen LogP contribution in [0, 0.1) is 0 Å². The molecule has 1 aliphatic heterocycles. The summed E-state index contributed by atoms with van der Waals surface area (Å²) in [6.07, 6.45) is 5.05. The monoisotopic (exact) mass is 264 g/mol. The molecule has 5 heteroatoms. The van der Waals surface area contributed by atoms with E-state index in [1.807, 2.05) is 19.9 Å². The first-order valence-electron chi connectivity index (χ1n) is 5.89. The van der Waals surface area contributed by atoms with Crippen LogP contribution < -0.4 is 0 Å². The molecule has 19 heavy (non-hydrogen) atoms. The molecule has 0 N–H and O–H groups in total. The lowest BCUT2D eigenvalue weighted by atomic mass is 10.1. The van der Waals surface area contributed by atoms with Crippen LogP contribution >= 0.6 is 0 Å². The van der Waals surface area contributed by atoms with Crippen LogP contribution in [-0.4, -0.2) is 17.9 Å². The van der Waals surface area contributed by atoms with Crippen molar-refractivity contribution < 1.29 is 23.9 Å². The van der Waals surface area contributed by atoms with Gasteiger partial charge < -0.3 is 9.47 Å².